The predicted octanol–water partition coefficient (Wildman–Crippen LogP) is 2.71. The topological polar surface area (TPSA) is 18.5 Å². The number of halogens is 6. The molecule has 0 radical (unpaired) electrons. The maximum Gasteiger partial charge on any atom is 0.523 e. The van der Waals surface area contributed by atoms with Gasteiger partial charge in [0.05, 0.1) is 0 Å². The van der Waals surface area contributed by atoms with Crippen molar-refractivity contribution in [2.24, 2.45) is 0 Å². The molecule has 0 aliphatic heterocycles. The van der Waals surface area contributed by atoms with Crippen LogP contribution in [0.25, 0.3) is 0 Å². The summed E-state index contributed by atoms with van der Waals surface area (Å²) in [6, 6.07) is 0. The van der Waals surface area contributed by atoms with E-state index in [0.717, 1.165) is 0 Å². The van der Waals surface area contributed by atoms with E-state index in [4.69, 9.17) is 0 Å². The van der Waals surface area contributed by atoms with Gasteiger partial charge in [0.2, 0.25) is 0 Å². The monoisotopic (exact) mass is 230 g/mol. The van der Waals surface area contributed by atoms with Gasteiger partial charge in [0.1, 0.15) is 11.9 Å². The van der Waals surface area contributed by atoms with Crippen molar-refractivity contribution in [3.63, 3.8) is 0 Å². The van der Waals surface area contributed by atoms with Crippen LogP contribution in [0.5, 0.6) is 0 Å². The van der Waals surface area contributed by atoms with Crippen molar-refractivity contribution in [2.75, 3.05) is 11.9 Å². The van der Waals surface area contributed by atoms with Gasteiger partial charge in [-0.25, -0.2) is 0 Å². The minimum Gasteiger partial charge on any atom is -0.281 e. The Bertz CT molecular complexity index is 127. The van der Waals surface area contributed by atoms with Crippen LogP contribution >= 0.6 is 11.8 Å². The number of hydrogen-bond acceptors (Lipinski definition) is 3. The Morgan fingerprint density at radius 1 is 0.769 bits per heavy atom. The average Bonchev–Trinajstić information content (AvgIpc) is 1.81. The van der Waals surface area contributed by atoms with E-state index in [2.05, 4.69) is 9.47 Å². The summed E-state index contributed by atoms with van der Waals surface area (Å²) in [7, 11) is 0. The first-order valence-corrected chi connectivity index (χ1v) is 3.85. The summed E-state index contributed by atoms with van der Waals surface area (Å²) in [5, 5.41) is 0. The fourth-order valence-electron chi connectivity index (χ4n) is 0.251. The molecule has 0 saturated carbocycles. The molecule has 0 fully saturated rings. The molecule has 0 unspecified atom stereocenters. The molecule has 0 spiro atoms. The maximum absolute atomic E-state index is 11.2. The zero-order valence-corrected chi connectivity index (χ0v) is 6.72. The molecule has 0 aliphatic rings. The third-order valence-electron chi connectivity index (χ3n) is 0.612. The second kappa shape index (κ2) is 4.91. The highest BCUT2D eigenvalue weighted by molar-refractivity contribution is 7.98. The molecule has 0 bridgehead atoms. The largest absolute Gasteiger partial charge is 0.523 e. The highest BCUT2D eigenvalue weighted by Crippen LogP contribution is 2.21. The standard InChI is InChI=1S/C4H4F6O2S/c5-3(6,7)11-1-13-2-12-4(8,9)10/h1-2H2. The second-order valence-electron chi connectivity index (χ2n) is 1.62. The van der Waals surface area contributed by atoms with E-state index in [0.29, 0.717) is 0 Å². The zero-order chi connectivity index (χ0) is 10.5. The van der Waals surface area contributed by atoms with Gasteiger partial charge in [-0.15, -0.1) is 38.1 Å². The highest BCUT2D eigenvalue weighted by Gasteiger charge is 2.30. The van der Waals surface area contributed by atoms with E-state index < -0.39 is 24.6 Å². The normalized spacial score (nSPS) is 13.4. The first kappa shape index (κ1) is 12.8. The Morgan fingerprint density at radius 2 is 1.08 bits per heavy atom. The van der Waals surface area contributed by atoms with Crippen LogP contribution in [0.1, 0.15) is 0 Å². The van der Waals surface area contributed by atoms with Crippen molar-refractivity contribution in [3.05, 3.63) is 0 Å². The molecule has 80 valence electrons. The summed E-state index contributed by atoms with van der Waals surface area (Å²) in [6.07, 6.45) is -9.66. The van der Waals surface area contributed by atoms with Crippen molar-refractivity contribution >= 4 is 11.8 Å². The molecule has 0 aromatic carbocycles. The maximum atomic E-state index is 11.2. The third kappa shape index (κ3) is 11.9. The van der Waals surface area contributed by atoms with E-state index in [9.17, 15) is 26.3 Å². The van der Waals surface area contributed by atoms with Crippen LogP contribution in [-0.2, 0) is 9.47 Å². The summed E-state index contributed by atoms with van der Waals surface area (Å²) >= 11 is 0.223. The van der Waals surface area contributed by atoms with E-state index in [1.807, 2.05) is 0 Å². The SMILES string of the molecule is FC(F)(F)OCSCOC(F)(F)F. The summed E-state index contributed by atoms with van der Waals surface area (Å²) in [6.45, 7) is 0. The summed E-state index contributed by atoms with van der Waals surface area (Å²) in [5.41, 5.74) is 0. The van der Waals surface area contributed by atoms with Gasteiger partial charge in [0.25, 0.3) is 0 Å². The molecule has 0 aromatic heterocycles. The number of rotatable bonds is 4. The van der Waals surface area contributed by atoms with Gasteiger partial charge >= 0.3 is 12.7 Å². The second-order valence-corrected chi connectivity index (χ2v) is 2.50. The number of ether oxygens (including phenoxy) is 2. The summed E-state index contributed by atoms with van der Waals surface area (Å²) in [4.78, 5) is 0. The molecule has 2 nitrogen and oxygen atoms in total. The van der Waals surface area contributed by atoms with E-state index >= 15 is 0 Å². The van der Waals surface area contributed by atoms with Gasteiger partial charge in [0.15, 0.2) is 0 Å². The lowest BCUT2D eigenvalue weighted by Crippen LogP contribution is -2.15. The molecule has 0 saturated heterocycles. The predicted molar refractivity (Wildman–Crippen MR) is 31.6 cm³/mol. The lowest BCUT2D eigenvalue weighted by Gasteiger charge is -2.08. The molecular weight excluding hydrogens is 226 g/mol. The Labute approximate surface area is 73.2 Å². The fourth-order valence-corrected chi connectivity index (χ4v) is 0.753. The molecule has 0 amide bonds. The van der Waals surface area contributed by atoms with Gasteiger partial charge < -0.3 is 0 Å². The third-order valence-corrected chi connectivity index (χ3v) is 1.18. The van der Waals surface area contributed by atoms with Crippen molar-refractivity contribution in [1.29, 1.82) is 0 Å². The van der Waals surface area contributed by atoms with Gasteiger partial charge in [-0.1, -0.05) is 0 Å². The smallest absolute Gasteiger partial charge is 0.281 e. The van der Waals surface area contributed by atoms with Crippen molar-refractivity contribution in [3.8, 4) is 0 Å². The molecule has 0 rings (SSSR count). The zero-order valence-electron chi connectivity index (χ0n) is 5.91. The number of hydrogen-bond donors (Lipinski definition) is 0. The van der Waals surface area contributed by atoms with Crippen LogP contribution in [-0.4, -0.2) is 24.6 Å². The Morgan fingerprint density at radius 3 is 1.31 bits per heavy atom. The van der Waals surface area contributed by atoms with Crippen molar-refractivity contribution < 1.29 is 35.8 Å². The van der Waals surface area contributed by atoms with Crippen LogP contribution in [0.3, 0.4) is 0 Å². The lowest BCUT2D eigenvalue weighted by molar-refractivity contribution is -0.318. The molecule has 9 heteroatoms. The van der Waals surface area contributed by atoms with Gasteiger partial charge in [0, 0.05) is 0 Å². The van der Waals surface area contributed by atoms with Crippen molar-refractivity contribution in [2.45, 2.75) is 12.7 Å². The number of thioether (sulfide) groups is 1. The van der Waals surface area contributed by atoms with Gasteiger partial charge in [-0.3, -0.25) is 9.47 Å². The summed E-state index contributed by atoms with van der Waals surface area (Å²) in [5.74, 6) is -1.86. The van der Waals surface area contributed by atoms with Crippen LogP contribution in [0.2, 0.25) is 0 Å². The van der Waals surface area contributed by atoms with Crippen LogP contribution in [0, 0.1) is 0 Å². The molecule has 0 heterocycles. The molecular formula is C4H4F6O2S. The lowest BCUT2D eigenvalue weighted by atomic mass is 11.3. The van der Waals surface area contributed by atoms with Crippen molar-refractivity contribution in [1.82, 2.24) is 0 Å². The minimum atomic E-state index is -4.83. The van der Waals surface area contributed by atoms with Gasteiger partial charge in [-0.2, -0.15) is 0 Å². The van der Waals surface area contributed by atoms with E-state index in [1.165, 1.54) is 0 Å². The highest BCUT2D eigenvalue weighted by atomic mass is 32.2. The first-order valence-electron chi connectivity index (χ1n) is 2.70. The van der Waals surface area contributed by atoms with Crippen LogP contribution in [0.4, 0.5) is 26.3 Å². The van der Waals surface area contributed by atoms with Crippen LogP contribution in [0.15, 0.2) is 0 Å². The Balaban J connectivity index is 3.28. The first-order chi connectivity index (χ1) is 5.71. The number of alkyl halides is 6. The van der Waals surface area contributed by atoms with E-state index in [-0.39, 0.29) is 11.8 Å². The molecule has 13 heavy (non-hydrogen) atoms. The van der Waals surface area contributed by atoms with Crippen LogP contribution < -0.4 is 0 Å². The summed E-state index contributed by atoms with van der Waals surface area (Å²) < 4.78 is 73.6. The fraction of sp³-hybridized carbons (Fsp3) is 1.00. The minimum absolute atomic E-state index is 0.223. The van der Waals surface area contributed by atoms with E-state index in [1.54, 1.807) is 0 Å². The Hall–Kier alpha value is -0.150. The Kier molecular flexibility index (Phi) is 4.86. The quantitative estimate of drug-likeness (QED) is 0.420. The average molecular weight is 230 g/mol. The van der Waals surface area contributed by atoms with Gasteiger partial charge in [-0.05, 0) is 0 Å². The molecule has 0 aliphatic carbocycles. The molecule has 0 N–H and O–H groups in total. The molecule has 0 atom stereocenters. The molecule has 0 aromatic rings.